The van der Waals surface area contributed by atoms with Crippen molar-refractivity contribution in [3.63, 3.8) is 0 Å². The van der Waals surface area contributed by atoms with E-state index in [4.69, 9.17) is 11.6 Å². The Bertz CT molecular complexity index is 325. The second-order valence-corrected chi connectivity index (χ2v) is 4.11. The molecule has 1 heterocycles. The standard InChI is InChI=1S/C8H6BrClFN/c9-5-3-12-8(10)6(7(5)11)4-1-2-4/h3-4H,1-2H2. The topological polar surface area (TPSA) is 12.9 Å². The van der Waals surface area contributed by atoms with Crippen LogP contribution >= 0.6 is 27.5 Å². The number of halogens is 3. The fourth-order valence-electron chi connectivity index (χ4n) is 1.18. The molecule has 1 aromatic rings. The average molecular weight is 250 g/mol. The lowest BCUT2D eigenvalue weighted by Gasteiger charge is -2.03. The molecule has 0 aliphatic heterocycles. The van der Waals surface area contributed by atoms with E-state index in [2.05, 4.69) is 20.9 Å². The second kappa shape index (κ2) is 2.96. The van der Waals surface area contributed by atoms with E-state index in [9.17, 15) is 4.39 Å². The molecule has 1 saturated carbocycles. The first kappa shape index (κ1) is 8.45. The van der Waals surface area contributed by atoms with Crippen molar-refractivity contribution in [2.45, 2.75) is 18.8 Å². The van der Waals surface area contributed by atoms with Gasteiger partial charge in [-0.15, -0.1) is 0 Å². The van der Waals surface area contributed by atoms with E-state index in [0.717, 1.165) is 12.8 Å². The SMILES string of the molecule is Fc1c(Br)cnc(Cl)c1C1CC1. The van der Waals surface area contributed by atoms with E-state index in [1.165, 1.54) is 6.20 Å². The molecule has 1 aliphatic carbocycles. The lowest BCUT2D eigenvalue weighted by atomic mass is 10.2. The first-order valence-corrected chi connectivity index (χ1v) is 4.86. The van der Waals surface area contributed by atoms with Crippen molar-refractivity contribution >= 4 is 27.5 Å². The lowest BCUT2D eigenvalue weighted by molar-refractivity contribution is 0.601. The third kappa shape index (κ3) is 1.36. The van der Waals surface area contributed by atoms with Crippen LogP contribution in [0.4, 0.5) is 4.39 Å². The Morgan fingerprint density at radius 1 is 1.58 bits per heavy atom. The molecule has 0 N–H and O–H groups in total. The van der Waals surface area contributed by atoms with Gasteiger partial charge in [-0.1, -0.05) is 11.6 Å². The monoisotopic (exact) mass is 249 g/mol. The van der Waals surface area contributed by atoms with Crippen LogP contribution in [0.2, 0.25) is 5.15 Å². The molecule has 0 spiro atoms. The van der Waals surface area contributed by atoms with E-state index < -0.39 is 0 Å². The summed E-state index contributed by atoms with van der Waals surface area (Å²) in [6.07, 6.45) is 3.44. The number of aromatic nitrogens is 1. The van der Waals surface area contributed by atoms with Gasteiger partial charge in [0.2, 0.25) is 0 Å². The highest BCUT2D eigenvalue weighted by atomic mass is 79.9. The van der Waals surface area contributed by atoms with Crippen molar-refractivity contribution in [3.8, 4) is 0 Å². The van der Waals surface area contributed by atoms with Crippen molar-refractivity contribution in [1.29, 1.82) is 0 Å². The minimum absolute atomic E-state index is 0.252. The smallest absolute Gasteiger partial charge is 0.145 e. The summed E-state index contributed by atoms with van der Waals surface area (Å²) in [6, 6.07) is 0. The van der Waals surface area contributed by atoms with E-state index in [1.807, 2.05) is 0 Å². The summed E-state index contributed by atoms with van der Waals surface area (Å²) in [5.41, 5.74) is 0.575. The third-order valence-electron chi connectivity index (χ3n) is 1.95. The van der Waals surface area contributed by atoms with Crippen molar-refractivity contribution in [2.24, 2.45) is 0 Å². The molecule has 0 unspecified atom stereocenters. The van der Waals surface area contributed by atoms with Crippen LogP contribution in [-0.4, -0.2) is 4.98 Å². The largest absolute Gasteiger partial charge is 0.243 e. The Morgan fingerprint density at radius 3 is 2.83 bits per heavy atom. The molecule has 1 fully saturated rings. The van der Waals surface area contributed by atoms with Gasteiger partial charge < -0.3 is 0 Å². The Labute approximate surface area is 83.1 Å². The van der Waals surface area contributed by atoms with E-state index in [0.29, 0.717) is 21.1 Å². The first-order valence-electron chi connectivity index (χ1n) is 3.69. The molecule has 12 heavy (non-hydrogen) atoms. The van der Waals surface area contributed by atoms with Crippen molar-refractivity contribution in [3.05, 3.63) is 27.2 Å². The minimum atomic E-state index is -0.252. The van der Waals surface area contributed by atoms with Crippen molar-refractivity contribution < 1.29 is 4.39 Å². The Morgan fingerprint density at radius 2 is 2.25 bits per heavy atom. The van der Waals surface area contributed by atoms with Gasteiger partial charge in [0.05, 0.1) is 4.47 Å². The van der Waals surface area contributed by atoms with Crippen LogP contribution in [0.25, 0.3) is 0 Å². The quantitative estimate of drug-likeness (QED) is 0.695. The lowest BCUT2D eigenvalue weighted by Crippen LogP contribution is -1.92. The molecule has 2 rings (SSSR count). The van der Waals surface area contributed by atoms with Gasteiger partial charge in [0.1, 0.15) is 11.0 Å². The van der Waals surface area contributed by atoms with E-state index in [-0.39, 0.29) is 5.82 Å². The highest BCUT2D eigenvalue weighted by Gasteiger charge is 2.30. The molecule has 0 saturated heterocycles. The molecule has 0 aromatic carbocycles. The summed E-state index contributed by atoms with van der Waals surface area (Å²) in [5, 5.41) is 0.304. The van der Waals surface area contributed by atoms with Crippen LogP contribution in [0.1, 0.15) is 24.3 Å². The van der Waals surface area contributed by atoms with E-state index in [1.54, 1.807) is 0 Å². The molecule has 0 atom stereocenters. The number of hydrogen-bond acceptors (Lipinski definition) is 1. The van der Waals surface area contributed by atoms with Crippen LogP contribution < -0.4 is 0 Å². The van der Waals surface area contributed by atoms with Gasteiger partial charge in [-0.05, 0) is 34.7 Å². The normalized spacial score (nSPS) is 16.6. The summed E-state index contributed by atoms with van der Waals surface area (Å²) < 4.78 is 13.8. The van der Waals surface area contributed by atoms with Gasteiger partial charge in [-0.2, -0.15) is 0 Å². The number of nitrogens with zero attached hydrogens (tertiary/aromatic N) is 1. The van der Waals surface area contributed by atoms with Crippen LogP contribution in [-0.2, 0) is 0 Å². The summed E-state index contributed by atoms with van der Waals surface area (Å²) in [5.74, 6) is 0.0417. The summed E-state index contributed by atoms with van der Waals surface area (Å²) in [6.45, 7) is 0. The molecular formula is C8H6BrClFN. The molecule has 0 radical (unpaired) electrons. The fourth-order valence-corrected chi connectivity index (χ4v) is 1.78. The summed E-state index contributed by atoms with van der Waals surface area (Å²) >= 11 is 8.84. The zero-order valence-corrected chi connectivity index (χ0v) is 8.49. The second-order valence-electron chi connectivity index (χ2n) is 2.90. The predicted molar refractivity (Wildman–Crippen MR) is 48.9 cm³/mol. The number of rotatable bonds is 1. The van der Waals surface area contributed by atoms with Gasteiger partial charge in [0.15, 0.2) is 0 Å². The Kier molecular flexibility index (Phi) is 2.09. The number of pyridine rings is 1. The zero-order valence-electron chi connectivity index (χ0n) is 6.15. The van der Waals surface area contributed by atoms with Gasteiger partial charge >= 0.3 is 0 Å². The molecule has 64 valence electrons. The van der Waals surface area contributed by atoms with Crippen LogP contribution in [0.3, 0.4) is 0 Å². The van der Waals surface area contributed by atoms with E-state index >= 15 is 0 Å². The molecule has 1 nitrogen and oxygen atoms in total. The highest BCUT2D eigenvalue weighted by molar-refractivity contribution is 9.10. The number of hydrogen-bond donors (Lipinski definition) is 0. The van der Waals surface area contributed by atoms with Gasteiger partial charge in [0, 0.05) is 11.8 Å². The maximum atomic E-state index is 13.4. The zero-order chi connectivity index (χ0) is 8.72. The summed E-state index contributed by atoms with van der Waals surface area (Å²) in [7, 11) is 0. The molecule has 0 bridgehead atoms. The third-order valence-corrected chi connectivity index (χ3v) is 2.80. The molecule has 0 amide bonds. The van der Waals surface area contributed by atoms with Crippen LogP contribution in [0.5, 0.6) is 0 Å². The first-order chi connectivity index (χ1) is 5.70. The van der Waals surface area contributed by atoms with Crippen LogP contribution in [0.15, 0.2) is 10.7 Å². The van der Waals surface area contributed by atoms with Crippen molar-refractivity contribution in [2.75, 3.05) is 0 Å². The van der Waals surface area contributed by atoms with Gasteiger partial charge in [0.25, 0.3) is 0 Å². The fraction of sp³-hybridized carbons (Fsp3) is 0.375. The Balaban J connectivity index is 2.55. The molecular weight excluding hydrogens is 244 g/mol. The van der Waals surface area contributed by atoms with Crippen LogP contribution in [0, 0.1) is 5.82 Å². The molecule has 1 aliphatic rings. The highest BCUT2D eigenvalue weighted by Crippen LogP contribution is 2.44. The minimum Gasteiger partial charge on any atom is -0.243 e. The summed E-state index contributed by atoms with van der Waals surface area (Å²) in [4.78, 5) is 3.88. The molecule has 4 heteroatoms. The van der Waals surface area contributed by atoms with Crippen molar-refractivity contribution in [1.82, 2.24) is 4.98 Å². The van der Waals surface area contributed by atoms with Gasteiger partial charge in [-0.25, -0.2) is 9.37 Å². The maximum absolute atomic E-state index is 13.4. The Hall–Kier alpha value is -0.150. The average Bonchev–Trinajstić information content (AvgIpc) is 2.81. The predicted octanol–water partition coefficient (Wildman–Crippen LogP) is 3.51. The molecule has 1 aromatic heterocycles. The maximum Gasteiger partial charge on any atom is 0.145 e. The van der Waals surface area contributed by atoms with Gasteiger partial charge in [-0.3, -0.25) is 0 Å².